The number of hydrogen-bond acceptors (Lipinski definition) is 4. The molecule has 0 saturated carbocycles. The number of rotatable bonds is 3. The molecule has 2 heterocycles. The van der Waals surface area contributed by atoms with Gasteiger partial charge in [0.05, 0.1) is 12.8 Å². The quantitative estimate of drug-likeness (QED) is 0.869. The first kappa shape index (κ1) is 10.2. The van der Waals surface area contributed by atoms with Crippen LogP contribution in [-0.4, -0.2) is 9.97 Å². The molecule has 4 nitrogen and oxygen atoms in total. The van der Waals surface area contributed by atoms with Crippen LogP contribution in [0.4, 0.5) is 5.82 Å². The second kappa shape index (κ2) is 4.44. The van der Waals surface area contributed by atoms with E-state index >= 15 is 0 Å². The molecule has 2 rings (SSSR count). The van der Waals surface area contributed by atoms with Crippen molar-refractivity contribution < 1.29 is 4.42 Å². The third-order valence-corrected chi connectivity index (χ3v) is 2.24. The van der Waals surface area contributed by atoms with Crippen molar-refractivity contribution in [1.29, 1.82) is 0 Å². The van der Waals surface area contributed by atoms with E-state index < -0.39 is 0 Å². The van der Waals surface area contributed by atoms with Gasteiger partial charge in [0.15, 0.2) is 0 Å². The monoisotopic (exact) mass is 267 g/mol. The van der Waals surface area contributed by atoms with Crippen molar-refractivity contribution >= 4 is 21.7 Å². The maximum Gasteiger partial charge on any atom is 0.131 e. The Labute approximate surface area is 95.9 Å². The molecule has 0 spiro atoms. The van der Waals surface area contributed by atoms with E-state index in [1.807, 2.05) is 25.1 Å². The van der Waals surface area contributed by atoms with E-state index in [0.29, 0.717) is 6.54 Å². The summed E-state index contributed by atoms with van der Waals surface area (Å²) in [6, 6.07) is 5.60. The molecule has 2 aromatic rings. The third kappa shape index (κ3) is 2.79. The topological polar surface area (TPSA) is 51.0 Å². The lowest BCUT2D eigenvalue weighted by atomic mass is 10.4. The Balaban J connectivity index is 2.05. The fraction of sp³-hybridized carbons (Fsp3) is 0.200. The van der Waals surface area contributed by atoms with Crippen molar-refractivity contribution in [3.63, 3.8) is 0 Å². The van der Waals surface area contributed by atoms with Crippen molar-refractivity contribution in [1.82, 2.24) is 9.97 Å². The van der Waals surface area contributed by atoms with Crippen LogP contribution < -0.4 is 5.32 Å². The zero-order valence-corrected chi connectivity index (χ0v) is 9.78. The van der Waals surface area contributed by atoms with Gasteiger partial charge in [-0.25, -0.2) is 9.97 Å². The number of hydrogen-bond donors (Lipinski definition) is 1. The molecule has 0 unspecified atom stereocenters. The van der Waals surface area contributed by atoms with Gasteiger partial charge in [-0.3, -0.25) is 0 Å². The average Bonchev–Trinajstić information content (AvgIpc) is 2.65. The van der Waals surface area contributed by atoms with Crippen molar-refractivity contribution in [3.05, 3.63) is 40.7 Å². The zero-order valence-electron chi connectivity index (χ0n) is 8.20. The van der Waals surface area contributed by atoms with Gasteiger partial charge in [0.25, 0.3) is 0 Å². The summed E-state index contributed by atoms with van der Waals surface area (Å²) in [6.07, 6.45) is 1.65. The number of nitrogens with zero attached hydrogens (tertiary/aromatic N) is 2. The minimum atomic E-state index is 0.621. The first-order valence-corrected chi connectivity index (χ1v) is 5.31. The van der Waals surface area contributed by atoms with Crippen LogP contribution in [0.2, 0.25) is 0 Å². The summed E-state index contributed by atoms with van der Waals surface area (Å²) < 4.78 is 5.97. The van der Waals surface area contributed by atoms with Crippen LogP contribution in [0.25, 0.3) is 0 Å². The van der Waals surface area contributed by atoms with Crippen molar-refractivity contribution in [2.75, 3.05) is 5.32 Å². The van der Waals surface area contributed by atoms with Gasteiger partial charge in [0, 0.05) is 6.07 Å². The first-order chi connectivity index (χ1) is 7.24. The second-order valence-electron chi connectivity index (χ2n) is 3.06. The van der Waals surface area contributed by atoms with Crippen LogP contribution in [0.5, 0.6) is 0 Å². The molecule has 15 heavy (non-hydrogen) atoms. The van der Waals surface area contributed by atoms with E-state index in [9.17, 15) is 0 Å². The Morgan fingerprint density at radius 2 is 2.33 bits per heavy atom. The average molecular weight is 268 g/mol. The molecule has 1 N–H and O–H groups in total. The lowest BCUT2D eigenvalue weighted by molar-refractivity contribution is 0.517. The lowest BCUT2D eigenvalue weighted by Crippen LogP contribution is -2.02. The molecule has 78 valence electrons. The molecular weight excluding hydrogens is 258 g/mol. The van der Waals surface area contributed by atoms with Crippen LogP contribution >= 0.6 is 15.9 Å². The predicted molar refractivity (Wildman–Crippen MR) is 60.5 cm³/mol. The smallest absolute Gasteiger partial charge is 0.131 e. The molecule has 0 atom stereocenters. The van der Waals surface area contributed by atoms with Gasteiger partial charge in [-0.2, -0.15) is 0 Å². The summed E-state index contributed by atoms with van der Waals surface area (Å²) in [6.45, 7) is 2.47. The molecule has 0 bridgehead atoms. The normalized spacial score (nSPS) is 10.3. The molecule has 0 saturated heterocycles. The number of nitrogens with one attached hydrogen (secondary N) is 1. The molecule has 0 aliphatic rings. The SMILES string of the molecule is Cc1nc(Br)cc(NCc2ccco2)n1. The van der Waals surface area contributed by atoms with Crippen LogP contribution in [0.15, 0.2) is 33.5 Å². The molecule has 0 radical (unpaired) electrons. The lowest BCUT2D eigenvalue weighted by Gasteiger charge is -2.04. The highest BCUT2D eigenvalue weighted by atomic mass is 79.9. The number of anilines is 1. The number of halogens is 1. The van der Waals surface area contributed by atoms with E-state index in [0.717, 1.165) is 22.0 Å². The number of aryl methyl sites for hydroxylation is 1. The summed E-state index contributed by atoms with van der Waals surface area (Å²) in [5.41, 5.74) is 0. The van der Waals surface area contributed by atoms with Crippen molar-refractivity contribution in [3.8, 4) is 0 Å². The van der Waals surface area contributed by atoms with Gasteiger partial charge in [-0.15, -0.1) is 0 Å². The number of aromatic nitrogens is 2. The minimum absolute atomic E-state index is 0.621. The van der Waals surface area contributed by atoms with E-state index in [1.54, 1.807) is 6.26 Å². The van der Waals surface area contributed by atoms with E-state index in [1.165, 1.54) is 0 Å². The zero-order chi connectivity index (χ0) is 10.7. The number of furan rings is 1. The Morgan fingerprint density at radius 1 is 1.47 bits per heavy atom. The standard InChI is InChI=1S/C10H10BrN3O/c1-7-13-9(11)5-10(14-7)12-6-8-3-2-4-15-8/h2-5H,6H2,1H3,(H,12,13,14). The van der Waals surface area contributed by atoms with Gasteiger partial charge in [-0.1, -0.05) is 0 Å². The molecule has 5 heteroatoms. The highest BCUT2D eigenvalue weighted by molar-refractivity contribution is 9.10. The van der Waals surface area contributed by atoms with Gasteiger partial charge in [0.1, 0.15) is 22.0 Å². The minimum Gasteiger partial charge on any atom is -0.467 e. The fourth-order valence-corrected chi connectivity index (χ4v) is 1.69. The summed E-state index contributed by atoms with van der Waals surface area (Å²) in [7, 11) is 0. The summed E-state index contributed by atoms with van der Waals surface area (Å²) in [5.74, 6) is 2.39. The third-order valence-electron chi connectivity index (χ3n) is 1.83. The summed E-state index contributed by atoms with van der Waals surface area (Å²) >= 11 is 3.32. The fourth-order valence-electron chi connectivity index (χ4n) is 1.21. The Kier molecular flexibility index (Phi) is 3.01. The second-order valence-corrected chi connectivity index (χ2v) is 3.87. The van der Waals surface area contributed by atoms with Crippen LogP contribution in [0, 0.1) is 6.92 Å². The summed E-state index contributed by atoms with van der Waals surface area (Å²) in [4.78, 5) is 8.36. The van der Waals surface area contributed by atoms with Gasteiger partial charge < -0.3 is 9.73 Å². The maximum atomic E-state index is 5.20. The highest BCUT2D eigenvalue weighted by Gasteiger charge is 2.00. The molecule has 0 aliphatic heterocycles. The maximum absolute atomic E-state index is 5.20. The van der Waals surface area contributed by atoms with E-state index in [2.05, 4.69) is 31.2 Å². The Hall–Kier alpha value is -1.36. The largest absolute Gasteiger partial charge is 0.467 e. The van der Waals surface area contributed by atoms with Crippen molar-refractivity contribution in [2.45, 2.75) is 13.5 Å². The van der Waals surface area contributed by atoms with Crippen LogP contribution in [0.3, 0.4) is 0 Å². The highest BCUT2D eigenvalue weighted by Crippen LogP contribution is 2.13. The summed E-state index contributed by atoms with van der Waals surface area (Å²) in [5, 5.41) is 3.15. The van der Waals surface area contributed by atoms with Crippen LogP contribution in [0.1, 0.15) is 11.6 Å². The molecule has 0 aliphatic carbocycles. The Morgan fingerprint density at radius 3 is 3.00 bits per heavy atom. The molecular formula is C10H10BrN3O. The van der Waals surface area contributed by atoms with E-state index in [-0.39, 0.29) is 0 Å². The molecule has 0 amide bonds. The van der Waals surface area contributed by atoms with E-state index in [4.69, 9.17) is 4.42 Å². The van der Waals surface area contributed by atoms with Gasteiger partial charge in [-0.05, 0) is 35.0 Å². The molecule has 0 fully saturated rings. The van der Waals surface area contributed by atoms with Gasteiger partial charge in [0.2, 0.25) is 0 Å². The van der Waals surface area contributed by atoms with Gasteiger partial charge >= 0.3 is 0 Å². The molecule has 2 aromatic heterocycles. The van der Waals surface area contributed by atoms with Crippen molar-refractivity contribution in [2.24, 2.45) is 0 Å². The first-order valence-electron chi connectivity index (χ1n) is 4.51. The molecule has 0 aromatic carbocycles. The van der Waals surface area contributed by atoms with Crippen LogP contribution in [-0.2, 0) is 6.54 Å². The Bertz CT molecular complexity index is 422. The predicted octanol–water partition coefficient (Wildman–Crippen LogP) is 2.75.